The number of amides is 1. The van der Waals surface area contributed by atoms with Gasteiger partial charge in [0.15, 0.2) is 9.84 Å². The molecule has 0 aliphatic carbocycles. The highest BCUT2D eigenvalue weighted by molar-refractivity contribution is 7.90. The van der Waals surface area contributed by atoms with Crippen LogP contribution in [-0.2, 0) is 15.6 Å². The second kappa shape index (κ2) is 7.71. The highest BCUT2D eigenvalue weighted by Gasteiger charge is 2.19. The van der Waals surface area contributed by atoms with E-state index in [1.54, 1.807) is 24.3 Å². The van der Waals surface area contributed by atoms with E-state index in [2.05, 4.69) is 15.5 Å². The Balaban J connectivity index is 1.73. The predicted molar refractivity (Wildman–Crippen MR) is 102 cm³/mol. The predicted octanol–water partition coefficient (Wildman–Crippen LogP) is 4.07. The first-order chi connectivity index (χ1) is 12.3. The lowest BCUT2D eigenvalue weighted by Gasteiger charge is -2.03. The van der Waals surface area contributed by atoms with Crippen LogP contribution in [0.15, 0.2) is 53.4 Å². The quantitative estimate of drug-likeness (QED) is 0.662. The largest absolute Gasteiger partial charge is 0.296 e. The normalized spacial score (nSPS) is 11.3. The van der Waals surface area contributed by atoms with Gasteiger partial charge in [-0.2, -0.15) is 0 Å². The Morgan fingerprint density at radius 3 is 2.50 bits per heavy atom. The van der Waals surface area contributed by atoms with Crippen molar-refractivity contribution >= 4 is 55.4 Å². The fourth-order valence-electron chi connectivity index (χ4n) is 2.07. The van der Waals surface area contributed by atoms with E-state index in [-0.39, 0.29) is 31.4 Å². The molecule has 26 heavy (non-hydrogen) atoms. The number of anilines is 1. The zero-order chi connectivity index (χ0) is 18.7. The van der Waals surface area contributed by atoms with Crippen molar-refractivity contribution in [3.63, 3.8) is 0 Å². The fourth-order valence-corrected chi connectivity index (χ4v) is 4.92. The summed E-state index contributed by atoms with van der Waals surface area (Å²) < 4.78 is 24.7. The maximum absolute atomic E-state index is 12.4. The summed E-state index contributed by atoms with van der Waals surface area (Å²) >= 11 is 12.8. The molecule has 0 atom stereocenters. The van der Waals surface area contributed by atoms with E-state index in [1.807, 2.05) is 0 Å². The molecule has 3 aromatic rings. The van der Waals surface area contributed by atoms with Crippen molar-refractivity contribution in [1.29, 1.82) is 0 Å². The molecule has 0 bridgehead atoms. The first kappa shape index (κ1) is 18.8. The number of hydrogen-bond donors (Lipinski definition) is 1. The van der Waals surface area contributed by atoms with Crippen molar-refractivity contribution in [1.82, 2.24) is 10.2 Å². The number of hydrogen-bond acceptors (Lipinski definition) is 6. The van der Waals surface area contributed by atoms with E-state index in [1.165, 1.54) is 24.3 Å². The third kappa shape index (κ3) is 4.39. The van der Waals surface area contributed by atoms with Crippen LogP contribution in [-0.4, -0.2) is 24.5 Å². The van der Waals surface area contributed by atoms with Gasteiger partial charge in [0.25, 0.3) is 5.91 Å². The van der Waals surface area contributed by atoms with Crippen LogP contribution in [0.3, 0.4) is 0 Å². The summed E-state index contributed by atoms with van der Waals surface area (Å²) in [5, 5.41) is 11.3. The van der Waals surface area contributed by atoms with Crippen LogP contribution in [0.2, 0.25) is 10.0 Å². The van der Waals surface area contributed by atoms with Crippen LogP contribution in [0.4, 0.5) is 5.13 Å². The average Bonchev–Trinajstić information content (AvgIpc) is 3.01. The van der Waals surface area contributed by atoms with Gasteiger partial charge in [0, 0.05) is 5.02 Å². The first-order valence-electron chi connectivity index (χ1n) is 7.22. The zero-order valence-corrected chi connectivity index (χ0v) is 16.2. The highest BCUT2D eigenvalue weighted by Crippen LogP contribution is 2.24. The van der Waals surface area contributed by atoms with Crippen LogP contribution in [0.25, 0.3) is 0 Å². The lowest BCUT2D eigenvalue weighted by molar-refractivity contribution is 0.102. The second-order valence-corrected chi connectivity index (χ2v) is 9.05. The van der Waals surface area contributed by atoms with E-state index in [0.29, 0.717) is 5.02 Å². The lowest BCUT2D eigenvalue weighted by atomic mass is 10.2. The molecule has 134 valence electrons. The molecule has 0 fully saturated rings. The molecule has 1 heterocycles. The molecule has 0 aliphatic heterocycles. The third-order valence-corrected chi connectivity index (χ3v) is 6.49. The molecule has 2 aromatic carbocycles. The minimum Gasteiger partial charge on any atom is -0.296 e. The van der Waals surface area contributed by atoms with E-state index in [0.717, 1.165) is 11.3 Å². The smallest absolute Gasteiger partial charge is 0.259 e. The maximum Gasteiger partial charge on any atom is 0.259 e. The van der Waals surface area contributed by atoms with Crippen LogP contribution >= 0.6 is 34.5 Å². The van der Waals surface area contributed by atoms with Gasteiger partial charge in [0.1, 0.15) is 10.8 Å². The van der Waals surface area contributed by atoms with Crippen LogP contribution < -0.4 is 5.32 Å². The van der Waals surface area contributed by atoms with Crippen molar-refractivity contribution in [2.45, 2.75) is 10.6 Å². The molecule has 0 radical (unpaired) electrons. The van der Waals surface area contributed by atoms with Gasteiger partial charge < -0.3 is 0 Å². The number of benzene rings is 2. The molecule has 6 nitrogen and oxygen atoms in total. The van der Waals surface area contributed by atoms with Crippen molar-refractivity contribution in [2.24, 2.45) is 0 Å². The SMILES string of the molecule is O=C(Nc1nnc(CS(=O)(=O)c2ccccc2)s1)c1ccc(Cl)cc1Cl. The molecule has 1 N–H and O–H groups in total. The zero-order valence-electron chi connectivity index (χ0n) is 13.0. The summed E-state index contributed by atoms with van der Waals surface area (Å²) in [6.45, 7) is 0. The molecule has 0 saturated carbocycles. The van der Waals surface area contributed by atoms with E-state index in [4.69, 9.17) is 23.2 Å². The standard InChI is InChI=1S/C16H11Cl2N3O3S2/c17-10-6-7-12(13(18)8-10)15(22)19-16-21-20-14(25-16)9-26(23,24)11-4-2-1-3-5-11/h1-8H,9H2,(H,19,21,22). The second-order valence-electron chi connectivity index (χ2n) is 5.15. The molecular weight excluding hydrogens is 417 g/mol. The molecule has 0 unspecified atom stereocenters. The summed E-state index contributed by atoms with van der Waals surface area (Å²) in [6, 6.07) is 12.5. The molecule has 0 saturated heterocycles. The van der Waals surface area contributed by atoms with Gasteiger partial charge >= 0.3 is 0 Å². The van der Waals surface area contributed by atoms with E-state index >= 15 is 0 Å². The Morgan fingerprint density at radius 1 is 1.08 bits per heavy atom. The molecule has 1 amide bonds. The van der Waals surface area contributed by atoms with Gasteiger partial charge in [0.05, 0.1) is 15.5 Å². The van der Waals surface area contributed by atoms with Crippen LogP contribution in [0.1, 0.15) is 15.4 Å². The number of rotatable bonds is 5. The number of carbonyl (C=O) groups is 1. The molecular formula is C16H11Cl2N3O3S2. The fraction of sp³-hybridized carbons (Fsp3) is 0.0625. The average molecular weight is 428 g/mol. The van der Waals surface area contributed by atoms with Gasteiger partial charge in [0.2, 0.25) is 5.13 Å². The van der Waals surface area contributed by atoms with Gasteiger partial charge in [-0.15, -0.1) is 10.2 Å². The van der Waals surface area contributed by atoms with Crippen molar-refractivity contribution in [2.75, 3.05) is 5.32 Å². The Bertz CT molecular complexity index is 1050. The molecule has 10 heteroatoms. The van der Waals surface area contributed by atoms with E-state index < -0.39 is 15.7 Å². The monoisotopic (exact) mass is 427 g/mol. The highest BCUT2D eigenvalue weighted by atomic mass is 35.5. The molecule has 0 spiro atoms. The molecule has 0 aliphatic rings. The Labute approximate surface area is 163 Å². The van der Waals surface area contributed by atoms with Gasteiger partial charge in [-0.1, -0.05) is 52.7 Å². The van der Waals surface area contributed by atoms with Gasteiger partial charge in [-0.05, 0) is 30.3 Å². The van der Waals surface area contributed by atoms with Crippen molar-refractivity contribution in [3.8, 4) is 0 Å². The summed E-state index contributed by atoms with van der Waals surface area (Å²) in [5.41, 5.74) is 0.227. The number of sulfone groups is 1. The van der Waals surface area contributed by atoms with Gasteiger partial charge in [-0.25, -0.2) is 8.42 Å². The summed E-state index contributed by atoms with van der Waals surface area (Å²) in [5.74, 6) is -0.785. The number of nitrogens with one attached hydrogen (secondary N) is 1. The lowest BCUT2D eigenvalue weighted by Crippen LogP contribution is -2.12. The van der Waals surface area contributed by atoms with E-state index in [9.17, 15) is 13.2 Å². The minimum atomic E-state index is -3.53. The number of carbonyl (C=O) groups excluding carboxylic acids is 1. The Morgan fingerprint density at radius 2 is 1.81 bits per heavy atom. The Hall–Kier alpha value is -2.00. The molecule has 1 aromatic heterocycles. The number of nitrogens with zero attached hydrogens (tertiary/aromatic N) is 2. The maximum atomic E-state index is 12.4. The topological polar surface area (TPSA) is 89.0 Å². The number of aromatic nitrogens is 2. The minimum absolute atomic E-state index is 0.180. The van der Waals surface area contributed by atoms with Gasteiger partial charge in [-0.3, -0.25) is 10.1 Å². The summed E-state index contributed by atoms with van der Waals surface area (Å²) in [4.78, 5) is 12.4. The van der Waals surface area contributed by atoms with Crippen LogP contribution in [0, 0.1) is 0 Å². The Kier molecular flexibility index (Phi) is 5.57. The molecule has 3 rings (SSSR count). The third-order valence-electron chi connectivity index (χ3n) is 3.28. The summed E-state index contributed by atoms with van der Waals surface area (Å²) in [7, 11) is -3.53. The van der Waals surface area contributed by atoms with Crippen LogP contribution in [0.5, 0.6) is 0 Å². The van der Waals surface area contributed by atoms with Crippen molar-refractivity contribution < 1.29 is 13.2 Å². The summed E-state index contributed by atoms with van der Waals surface area (Å²) in [6.07, 6.45) is 0. The first-order valence-corrected chi connectivity index (χ1v) is 10.4. The van der Waals surface area contributed by atoms with Crippen molar-refractivity contribution in [3.05, 3.63) is 69.1 Å². The number of halogens is 2.